The second-order valence-corrected chi connectivity index (χ2v) is 7.88. The molecule has 0 heterocycles. The summed E-state index contributed by atoms with van der Waals surface area (Å²) in [5.74, 6) is -0.301. The van der Waals surface area contributed by atoms with Crippen molar-refractivity contribution in [2.24, 2.45) is 5.92 Å². The van der Waals surface area contributed by atoms with Gasteiger partial charge in [0.2, 0.25) is 15.9 Å². The number of sulfonamides is 1. The van der Waals surface area contributed by atoms with Crippen molar-refractivity contribution in [2.75, 3.05) is 24.7 Å². The molecule has 0 aliphatic carbocycles. The molecule has 0 aliphatic rings. The van der Waals surface area contributed by atoms with Crippen LogP contribution in [0.4, 0.5) is 5.69 Å². The summed E-state index contributed by atoms with van der Waals surface area (Å²) in [7, 11) is -3.53. The Balaban J connectivity index is 3.28. The van der Waals surface area contributed by atoms with Crippen molar-refractivity contribution in [3.63, 3.8) is 0 Å². The molecule has 1 amide bonds. The van der Waals surface area contributed by atoms with Crippen molar-refractivity contribution in [1.82, 2.24) is 4.31 Å². The topological polar surface area (TPSA) is 66.5 Å². The Hall–Kier alpha value is -1.05. The Morgan fingerprint density at radius 1 is 1.27 bits per heavy atom. The van der Waals surface area contributed by atoms with Crippen LogP contribution >= 0.6 is 11.8 Å². The predicted molar refractivity (Wildman–Crippen MR) is 91.8 cm³/mol. The Kier molecular flexibility index (Phi) is 6.90. The van der Waals surface area contributed by atoms with Crippen LogP contribution in [-0.2, 0) is 14.8 Å². The molecule has 0 atom stereocenters. The highest BCUT2D eigenvalue weighted by atomic mass is 32.2. The van der Waals surface area contributed by atoms with E-state index in [4.69, 9.17) is 0 Å². The molecule has 124 valence electrons. The molecular formula is C15H24N2O3S2. The molecule has 1 rings (SSSR count). The molecule has 22 heavy (non-hydrogen) atoms. The number of nitrogens with one attached hydrogen (secondary N) is 1. The van der Waals surface area contributed by atoms with Gasteiger partial charge in [0.05, 0.1) is 10.6 Å². The van der Waals surface area contributed by atoms with Gasteiger partial charge in [-0.25, -0.2) is 8.42 Å². The first-order valence-corrected chi connectivity index (χ1v) is 9.93. The van der Waals surface area contributed by atoms with E-state index in [1.165, 1.54) is 16.1 Å². The zero-order valence-electron chi connectivity index (χ0n) is 13.7. The van der Waals surface area contributed by atoms with Crippen molar-refractivity contribution >= 4 is 33.4 Å². The van der Waals surface area contributed by atoms with Crippen LogP contribution in [0.25, 0.3) is 0 Å². The Morgan fingerprint density at radius 3 is 2.32 bits per heavy atom. The third-order valence-electron chi connectivity index (χ3n) is 3.30. The molecular weight excluding hydrogens is 320 g/mol. The van der Waals surface area contributed by atoms with E-state index in [9.17, 15) is 13.2 Å². The van der Waals surface area contributed by atoms with Crippen molar-refractivity contribution in [3.8, 4) is 0 Å². The summed E-state index contributed by atoms with van der Waals surface area (Å²) in [6.45, 7) is 8.03. The number of carbonyl (C=O) groups is 1. The Morgan fingerprint density at radius 2 is 1.86 bits per heavy atom. The van der Waals surface area contributed by atoms with Crippen LogP contribution < -0.4 is 5.32 Å². The van der Waals surface area contributed by atoms with Gasteiger partial charge in [0.15, 0.2) is 0 Å². The summed E-state index contributed by atoms with van der Waals surface area (Å²) in [4.78, 5) is 12.9. The van der Waals surface area contributed by atoms with Crippen LogP contribution in [0.3, 0.4) is 0 Å². The average Bonchev–Trinajstić information content (AvgIpc) is 2.47. The minimum atomic E-state index is -3.53. The molecule has 1 N–H and O–H groups in total. The monoisotopic (exact) mass is 344 g/mol. The van der Waals surface area contributed by atoms with Gasteiger partial charge in [-0.15, -0.1) is 11.8 Å². The summed E-state index contributed by atoms with van der Waals surface area (Å²) in [5, 5.41) is 2.81. The van der Waals surface area contributed by atoms with E-state index in [2.05, 4.69) is 5.32 Å². The largest absolute Gasteiger partial charge is 0.325 e. The molecule has 0 aromatic heterocycles. The third kappa shape index (κ3) is 4.24. The number of anilines is 1. The lowest BCUT2D eigenvalue weighted by atomic mass is 10.2. The molecule has 1 aromatic rings. The lowest BCUT2D eigenvalue weighted by Gasteiger charge is -2.20. The second-order valence-electron chi connectivity index (χ2n) is 5.10. The highest BCUT2D eigenvalue weighted by molar-refractivity contribution is 7.98. The molecule has 7 heteroatoms. The fourth-order valence-electron chi connectivity index (χ4n) is 1.93. The molecule has 1 aromatic carbocycles. The molecule has 0 bridgehead atoms. The Bertz CT molecular complexity index is 624. The average molecular weight is 345 g/mol. The van der Waals surface area contributed by atoms with E-state index in [1.807, 2.05) is 6.26 Å². The van der Waals surface area contributed by atoms with E-state index >= 15 is 0 Å². The fourth-order valence-corrected chi connectivity index (χ4v) is 3.95. The SMILES string of the molecule is CCN(CC)S(=O)(=O)c1ccc(SC)c(NC(=O)C(C)C)c1. The molecule has 0 radical (unpaired) electrons. The lowest BCUT2D eigenvalue weighted by Crippen LogP contribution is -2.30. The third-order valence-corrected chi connectivity index (χ3v) is 6.14. The standard InChI is InChI=1S/C15H24N2O3S2/c1-6-17(7-2)22(19,20)12-8-9-14(21-5)13(10-12)16-15(18)11(3)4/h8-11H,6-7H2,1-5H3,(H,16,18). The smallest absolute Gasteiger partial charge is 0.243 e. The number of benzene rings is 1. The summed E-state index contributed by atoms with van der Waals surface area (Å²) in [6.07, 6.45) is 1.89. The van der Waals surface area contributed by atoms with Crippen molar-refractivity contribution in [1.29, 1.82) is 0 Å². The predicted octanol–water partition coefficient (Wildman–Crippen LogP) is 3.03. The number of amides is 1. The van der Waals surface area contributed by atoms with Crippen molar-refractivity contribution < 1.29 is 13.2 Å². The molecule has 0 spiro atoms. The van der Waals surface area contributed by atoms with Crippen molar-refractivity contribution in [3.05, 3.63) is 18.2 Å². The first kappa shape index (κ1) is 19.0. The van der Waals surface area contributed by atoms with Gasteiger partial charge in [0, 0.05) is 23.9 Å². The molecule has 0 aliphatic heterocycles. The van der Waals surface area contributed by atoms with Crippen LogP contribution in [0.1, 0.15) is 27.7 Å². The summed E-state index contributed by atoms with van der Waals surface area (Å²) >= 11 is 1.47. The van der Waals surface area contributed by atoms with E-state index in [1.54, 1.807) is 45.9 Å². The minimum Gasteiger partial charge on any atom is -0.325 e. The van der Waals surface area contributed by atoms with Crippen LogP contribution in [0.15, 0.2) is 28.0 Å². The zero-order chi connectivity index (χ0) is 16.9. The van der Waals surface area contributed by atoms with Crippen LogP contribution in [0, 0.1) is 5.92 Å². The van der Waals surface area contributed by atoms with Crippen LogP contribution in [0.2, 0.25) is 0 Å². The van der Waals surface area contributed by atoms with Gasteiger partial charge in [-0.1, -0.05) is 27.7 Å². The number of nitrogens with zero attached hydrogens (tertiary/aromatic N) is 1. The molecule has 0 unspecified atom stereocenters. The van der Waals surface area contributed by atoms with Gasteiger partial charge in [-0.05, 0) is 24.5 Å². The highest BCUT2D eigenvalue weighted by Crippen LogP contribution is 2.29. The molecule has 5 nitrogen and oxygen atoms in total. The quantitative estimate of drug-likeness (QED) is 0.772. The maximum atomic E-state index is 12.6. The van der Waals surface area contributed by atoms with Gasteiger partial charge in [-0.3, -0.25) is 4.79 Å². The molecule has 0 fully saturated rings. The number of rotatable bonds is 7. The maximum Gasteiger partial charge on any atom is 0.243 e. The first-order valence-electron chi connectivity index (χ1n) is 7.26. The van der Waals surface area contributed by atoms with Crippen LogP contribution in [-0.4, -0.2) is 38.0 Å². The second kappa shape index (κ2) is 7.99. The van der Waals surface area contributed by atoms with Crippen LogP contribution in [0.5, 0.6) is 0 Å². The van der Waals surface area contributed by atoms with Crippen molar-refractivity contribution in [2.45, 2.75) is 37.5 Å². The number of thioether (sulfide) groups is 1. The van der Waals surface area contributed by atoms with E-state index in [0.29, 0.717) is 18.8 Å². The van der Waals surface area contributed by atoms with E-state index in [-0.39, 0.29) is 16.7 Å². The molecule has 0 saturated carbocycles. The minimum absolute atomic E-state index is 0.132. The van der Waals surface area contributed by atoms with Gasteiger partial charge in [0.25, 0.3) is 0 Å². The van der Waals surface area contributed by atoms with Gasteiger partial charge >= 0.3 is 0 Å². The first-order chi connectivity index (χ1) is 10.3. The summed E-state index contributed by atoms with van der Waals surface area (Å²) < 4.78 is 26.5. The number of carbonyl (C=O) groups excluding carboxylic acids is 1. The summed E-state index contributed by atoms with van der Waals surface area (Å²) in [5.41, 5.74) is 0.541. The number of hydrogen-bond acceptors (Lipinski definition) is 4. The van der Waals surface area contributed by atoms with E-state index < -0.39 is 10.0 Å². The summed E-state index contributed by atoms with van der Waals surface area (Å²) in [6, 6.07) is 4.86. The number of hydrogen-bond donors (Lipinski definition) is 1. The van der Waals surface area contributed by atoms with E-state index in [0.717, 1.165) is 4.90 Å². The highest BCUT2D eigenvalue weighted by Gasteiger charge is 2.23. The normalized spacial score (nSPS) is 12.0. The van der Waals surface area contributed by atoms with Gasteiger partial charge in [-0.2, -0.15) is 4.31 Å². The lowest BCUT2D eigenvalue weighted by molar-refractivity contribution is -0.118. The maximum absolute atomic E-state index is 12.6. The fraction of sp³-hybridized carbons (Fsp3) is 0.533. The van der Waals surface area contributed by atoms with Gasteiger partial charge in [0.1, 0.15) is 0 Å². The Labute approximate surface area is 137 Å². The molecule has 0 saturated heterocycles. The zero-order valence-corrected chi connectivity index (χ0v) is 15.3. The van der Waals surface area contributed by atoms with Gasteiger partial charge < -0.3 is 5.32 Å².